The lowest BCUT2D eigenvalue weighted by molar-refractivity contribution is -0.131. The van der Waals surface area contributed by atoms with Gasteiger partial charge in [0, 0.05) is 6.08 Å². The highest BCUT2D eigenvalue weighted by Gasteiger charge is 2.18. The standard InChI is InChI=1S/C10H18O2/c1-8(10(2,3)4)6-5-7-9(11)12/h5,7-8H,6H2,1-4H3,(H,11,12). The van der Waals surface area contributed by atoms with Crippen molar-refractivity contribution in [3.05, 3.63) is 12.2 Å². The van der Waals surface area contributed by atoms with Crippen LogP contribution in [0.5, 0.6) is 0 Å². The minimum absolute atomic E-state index is 0.253. The number of rotatable bonds is 3. The lowest BCUT2D eigenvalue weighted by Crippen LogP contribution is -2.16. The maximum absolute atomic E-state index is 10.1. The van der Waals surface area contributed by atoms with Gasteiger partial charge in [0.15, 0.2) is 0 Å². The van der Waals surface area contributed by atoms with Crippen molar-refractivity contribution in [1.82, 2.24) is 0 Å². The predicted octanol–water partition coefficient (Wildman–Crippen LogP) is 2.70. The third-order valence-electron chi connectivity index (χ3n) is 2.23. The van der Waals surface area contributed by atoms with E-state index in [0.29, 0.717) is 5.92 Å². The first-order valence-corrected chi connectivity index (χ1v) is 4.23. The van der Waals surface area contributed by atoms with Gasteiger partial charge >= 0.3 is 5.97 Å². The van der Waals surface area contributed by atoms with E-state index in [9.17, 15) is 4.79 Å². The van der Waals surface area contributed by atoms with E-state index < -0.39 is 5.97 Å². The second kappa shape index (κ2) is 4.29. The first-order chi connectivity index (χ1) is 5.34. The van der Waals surface area contributed by atoms with Crippen LogP contribution in [-0.2, 0) is 4.79 Å². The summed E-state index contributed by atoms with van der Waals surface area (Å²) < 4.78 is 0. The Morgan fingerprint density at radius 3 is 2.33 bits per heavy atom. The minimum atomic E-state index is -0.865. The third kappa shape index (κ3) is 4.94. The zero-order valence-electron chi connectivity index (χ0n) is 8.29. The Morgan fingerprint density at radius 2 is 2.00 bits per heavy atom. The summed E-state index contributed by atoms with van der Waals surface area (Å²) >= 11 is 0. The molecule has 0 aromatic rings. The fourth-order valence-corrected chi connectivity index (χ4v) is 0.727. The third-order valence-corrected chi connectivity index (χ3v) is 2.23. The predicted molar refractivity (Wildman–Crippen MR) is 50.0 cm³/mol. The van der Waals surface area contributed by atoms with Crippen molar-refractivity contribution in [1.29, 1.82) is 0 Å². The fourth-order valence-electron chi connectivity index (χ4n) is 0.727. The monoisotopic (exact) mass is 170 g/mol. The van der Waals surface area contributed by atoms with Crippen LogP contribution in [0.1, 0.15) is 34.1 Å². The van der Waals surface area contributed by atoms with Crippen LogP contribution in [0.3, 0.4) is 0 Å². The van der Waals surface area contributed by atoms with Gasteiger partial charge in [-0.15, -0.1) is 0 Å². The van der Waals surface area contributed by atoms with Gasteiger partial charge in [-0.25, -0.2) is 4.79 Å². The molecule has 0 bridgehead atoms. The smallest absolute Gasteiger partial charge is 0.327 e. The van der Waals surface area contributed by atoms with Gasteiger partial charge in [0.2, 0.25) is 0 Å². The van der Waals surface area contributed by atoms with Crippen LogP contribution < -0.4 is 0 Å². The summed E-state index contributed by atoms with van der Waals surface area (Å²) in [4.78, 5) is 10.1. The molecule has 0 aliphatic carbocycles. The zero-order valence-corrected chi connectivity index (χ0v) is 8.29. The molecule has 0 spiro atoms. The second-order valence-corrected chi connectivity index (χ2v) is 4.24. The molecule has 70 valence electrons. The molecule has 1 N–H and O–H groups in total. The second-order valence-electron chi connectivity index (χ2n) is 4.24. The summed E-state index contributed by atoms with van der Waals surface area (Å²) in [5, 5.41) is 8.34. The van der Waals surface area contributed by atoms with Crippen molar-refractivity contribution in [3.63, 3.8) is 0 Å². The van der Waals surface area contributed by atoms with Crippen molar-refractivity contribution in [2.24, 2.45) is 11.3 Å². The van der Waals surface area contributed by atoms with Crippen LogP contribution in [0.4, 0.5) is 0 Å². The Hall–Kier alpha value is -0.790. The van der Waals surface area contributed by atoms with Gasteiger partial charge in [-0.05, 0) is 17.8 Å². The molecule has 0 aliphatic rings. The summed E-state index contributed by atoms with van der Waals surface area (Å²) in [7, 11) is 0. The van der Waals surface area contributed by atoms with Gasteiger partial charge in [0.05, 0.1) is 0 Å². The highest BCUT2D eigenvalue weighted by atomic mass is 16.4. The first-order valence-electron chi connectivity index (χ1n) is 4.23. The van der Waals surface area contributed by atoms with Gasteiger partial charge < -0.3 is 5.11 Å². The molecule has 0 saturated heterocycles. The molecule has 2 heteroatoms. The van der Waals surface area contributed by atoms with Gasteiger partial charge in [0.25, 0.3) is 0 Å². The highest BCUT2D eigenvalue weighted by molar-refractivity contribution is 5.79. The van der Waals surface area contributed by atoms with E-state index in [-0.39, 0.29) is 5.41 Å². The lowest BCUT2D eigenvalue weighted by Gasteiger charge is -2.25. The molecule has 1 atom stereocenters. The average molecular weight is 170 g/mol. The normalized spacial score (nSPS) is 15.0. The maximum atomic E-state index is 10.1. The molecule has 0 aliphatic heterocycles. The molecule has 1 unspecified atom stereocenters. The number of hydrogen-bond donors (Lipinski definition) is 1. The van der Waals surface area contributed by atoms with Crippen LogP contribution >= 0.6 is 0 Å². The Labute approximate surface area is 74.3 Å². The van der Waals surface area contributed by atoms with Crippen LogP contribution in [0.25, 0.3) is 0 Å². The molecule has 12 heavy (non-hydrogen) atoms. The molecule has 0 saturated carbocycles. The van der Waals surface area contributed by atoms with E-state index in [0.717, 1.165) is 6.42 Å². The van der Waals surface area contributed by atoms with Crippen LogP contribution in [-0.4, -0.2) is 11.1 Å². The van der Waals surface area contributed by atoms with E-state index >= 15 is 0 Å². The van der Waals surface area contributed by atoms with Crippen molar-refractivity contribution in [2.45, 2.75) is 34.1 Å². The van der Waals surface area contributed by atoms with E-state index in [2.05, 4.69) is 27.7 Å². The number of aliphatic carboxylic acids is 1. The van der Waals surface area contributed by atoms with Crippen LogP contribution in [0, 0.1) is 11.3 Å². The van der Waals surface area contributed by atoms with Crippen LogP contribution in [0.15, 0.2) is 12.2 Å². The summed E-state index contributed by atoms with van der Waals surface area (Å²) in [6, 6.07) is 0. The molecule has 2 nitrogen and oxygen atoms in total. The summed E-state index contributed by atoms with van der Waals surface area (Å²) in [5.74, 6) is -0.357. The van der Waals surface area contributed by atoms with Crippen LogP contribution in [0.2, 0.25) is 0 Å². The lowest BCUT2D eigenvalue weighted by atomic mass is 9.80. The van der Waals surface area contributed by atoms with Crippen molar-refractivity contribution in [3.8, 4) is 0 Å². The molecular formula is C10H18O2. The quantitative estimate of drug-likeness (QED) is 0.661. The van der Waals surface area contributed by atoms with Crippen molar-refractivity contribution in [2.75, 3.05) is 0 Å². The molecular weight excluding hydrogens is 152 g/mol. The molecule has 0 aromatic heterocycles. The Bertz CT molecular complexity index is 175. The topological polar surface area (TPSA) is 37.3 Å². The number of carbonyl (C=O) groups is 1. The Morgan fingerprint density at radius 1 is 1.50 bits per heavy atom. The van der Waals surface area contributed by atoms with E-state index in [4.69, 9.17) is 5.11 Å². The Kier molecular flexibility index (Phi) is 4.01. The number of carboxylic acids is 1. The minimum Gasteiger partial charge on any atom is -0.478 e. The number of allylic oxidation sites excluding steroid dienone is 1. The van der Waals surface area contributed by atoms with Crippen molar-refractivity contribution >= 4 is 5.97 Å². The molecule has 0 heterocycles. The fraction of sp³-hybridized carbons (Fsp3) is 0.700. The zero-order chi connectivity index (χ0) is 9.78. The van der Waals surface area contributed by atoms with E-state index in [1.165, 1.54) is 6.08 Å². The maximum Gasteiger partial charge on any atom is 0.327 e. The summed E-state index contributed by atoms with van der Waals surface area (Å²) in [6.07, 6.45) is 3.76. The van der Waals surface area contributed by atoms with Crippen molar-refractivity contribution < 1.29 is 9.90 Å². The molecule has 0 rings (SSSR count). The number of carboxylic acid groups (broad SMARTS) is 1. The Balaban J connectivity index is 3.87. The van der Waals surface area contributed by atoms with Gasteiger partial charge in [-0.3, -0.25) is 0 Å². The molecule has 0 aromatic carbocycles. The van der Waals surface area contributed by atoms with E-state index in [1.807, 2.05) is 0 Å². The SMILES string of the molecule is CC(CC=CC(=O)O)C(C)(C)C. The summed E-state index contributed by atoms with van der Waals surface area (Å²) in [6.45, 7) is 8.61. The highest BCUT2D eigenvalue weighted by Crippen LogP contribution is 2.27. The average Bonchev–Trinajstić information content (AvgIpc) is 1.84. The number of hydrogen-bond acceptors (Lipinski definition) is 1. The van der Waals surface area contributed by atoms with E-state index in [1.54, 1.807) is 6.08 Å². The largest absolute Gasteiger partial charge is 0.478 e. The molecule has 0 fully saturated rings. The molecule has 0 radical (unpaired) electrons. The summed E-state index contributed by atoms with van der Waals surface area (Å²) in [5.41, 5.74) is 0.253. The van der Waals surface area contributed by atoms with Gasteiger partial charge in [0.1, 0.15) is 0 Å². The molecule has 0 amide bonds. The van der Waals surface area contributed by atoms with Gasteiger partial charge in [-0.1, -0.05) is 33.8 Å². The van der Waals surface area contributed by atoms with Gasteiger partial charge in [-0.2, -0.15) is 0 Å². The first kappa shape index (κ1) is 11.2.